The van der Waals surface area contributed by atoms with Gasteiger partial charge in [-0.15, -0.1) is 0 Å². The molecule has 0 saturated carbocycles. The van der Waals surface area contributed by atoms with E-state index in [9.17, 15) is 14.4 Å². The molecule has 2 aromatic heterocycles. The van der Waals surface area contributed by atoms with Crippen LogP contribution in [0.3, 0.4) is 0 Å². The number of amides is 3. The third-order valence-electron chi connectivity index (χ3n) is 7.27. The molecule has 1 aliphatic heterocycles. The summed E-state index contributed by atoms with van der Waals surface area (Å²) < 4.78 is 5.57. The van der Waals surface area contributed by atoms with E-state index in [1.165, 1.54) is 13.4 Å². The van der Waals surface area contributed by atoms with Crippen LogP contribution in [-0.2, 0) is 14.4 Å². The Labute approximate surface area is 250 Å². The van der Waals surface area contributed by atoms with Gasteiger partial charge in [-0.3, -0.25) is 14.4 Å². The number of fused-ring (bicyclic) bond motifs is 1. The summed E-state index contributed by atoms with van der Waals surface area (Å²) in [6.07, 6.45) is 4.16. The minimum Gasteiger partial charge on any atom is -0.494 e. The molecule has 3 amide bonds. The number of carbonyl (C=O) groups is 3. The van der Waals surface area contributed by atoms with Crippen molar-refractivity contribution in [3.63, 3.8) is 0 Å². The van der Waals surface area contributed by atoms with Gasteiger partial charge >= 0.3 is 0 Å². The first-order chi connectivity index (χ1) is 19.9. The molecule has 3 heterocycles. The number of aromatic nitrogens is 3. The summed E-state index contributed by atoms with van der Waals surface area (Å²) in [5.74, 6) is -0.0223. The number of nitrogens with one attached hydrogen (secondary N) is 4. The third kappa shape index (κ3) is 6.88. The largest absolute Gasteiger partial charge is 0.494 e. The van der Waals surface area contributed by atoms with Crippen LogP contribution in [0.25, 0.3) is 10.9 Å². The Kier molecular flexibility index (Phi) is 9.47. The molecule has 0 aliphatic carbocycles. The maximum absolute atomic E-state index is 13.8. The molecule has 0 radical (unpaired) electrons. The maximum atomic E-state index is 13.8. The SMILES string of the molecule is CNC(C)C(=O)NC(C(=O)N1CCCC1C(=O)Nc1cc2c(Nc3ccc(Cl)nc3)ncnc2cc1OC)C(C)(C)C. The minimum atomic E-state index is -0.808. The van der Waals surface area contributed by atoms with Crippen LogP contribution in [0.15, 0.2) is 36.8 Å². The zero-order valence-electron chi connectivity index (χ0n) is 24.6. The van der Waals surface area contributed by atoms with E-state index in [1.54, 1.807) is 49.3 Å². The molecule has 42 heavy (non-hydrogen) atoms. The van der Waals surface area contributed by atoms with Gasteiger partial charge in [0.1, 0.15) is 35.1 Å². The number of likely N-dealkylation sites (tertiary alicyclic amines) is 1. The van der Waals surface area contributed by atoms with Gasteiger partial charge in [0, 0.05) is 18.0 Å². The molecule has 3 atom stereocenters. The highest BCUT2D eigenvalue weighted by atomic mass is 35.5. The van der Waals surface area contributed by atoms with Gasteiger partial charge in [-0.25, -0.2) is 15.0 Å². The summed E-state index contributed by atoms with van der Waals surface area (Å²) >= 11 is 5.91. The molecule has 1 saturated heterocycles. The topological polar surface area (TPSA) is 150 Å². The number of pyridine rings is 1. The normalized spacial score (nSPS) is 16.5. The van der Waals surface area contributed by atoms with Crippen molar-refractivity contribution in [1.29, 1.82) is 0 Å². The van der Waals surface area contributed by atoms with Crippen molar-refractivity contribution in [3.05, 3.63) is 41.9 Å². The van der Waals surface area contributed by atoms with Gasteiger partial charge in [0.2, 0.25) is 17.7 Å². The Morgan fingerprint density at radius 3 is 2.55 bits per heavy atom. The van der Waals surface area contributed by atoms with Gasteiger partial charge in [0.05, 0.1) is 36.2 Å². The Hall–Kier alpha value is -4.03. The minimum absolute atomic E-state index is 0.284. The van der Waals surface area contributed by atoms with Crippen molar-refractivity contribution in [2.75, 3.05) is 31.3 Å². The van der Waals surface area contributed by atoms with Gasteiger partial charge in [-0.1, -0.05) is 32.4 Å². The number of likely N-dealkylation sites (N-methyl/N-ethyl adjacent to an activating group) is 1. The first-order valence-electron chi connectivity index (χ1n) is 13.7. The monoisotopic (exact) mass is 596 g/mol. The number of carbonyl (C=O) groups excluding carboxylic acids is 3. The van der Waals surface area contributed by atoms with Crippen LogP contribution in [0.1, 0.15) is 40.5 Å². The first-order valence-corrected chi connectivity index (χ1v) is 14.1. The van der Waals surface area contributed by atoms with Gasteiger partial charge in [0.15, 0.2) is 0 Å². The number of halogens is 1. The van der Waals surface area contributed by atoms with Crippen molar-refractivity contribution >= 4 is 57.4 Å². The molecule has 3 aromatic rings. The van der Waals surface area contributed by atoms with Crippen LogP contribution >= 0.6 is 11.6 Å². The van der Waals surface area contributed by atoms with Crippen LogP contribution in [0, 0.1) is 5.41 Å². The van der Waals surface area contributed by atoms with E-state index < -0.39 is 23.5 Å². The van der Waals surface area contributed by atoms with Crippen LogP contribution < -0.4 is 26.0 Å². The predicted molar refractivity (Wildman–Crippen MR) is 162 cm³/mol. The molecule has 13 heteroatoms. The zero-order valence-corrected chi connectivity index (χ0v) is 25.4. The van der Waals surface area contributed by atoms with Gasteiger partial charge < -0.3 is 30.9 Å². The molecule has 12 nitrogen and oxygen atoms in total. The Bertz CT molecular complexity index is 1460. The van der Waals surface area contributed by atoms with Crippen molar-refractivity contribution in [2.24, 2.45) is 5.41 Å². The number of ether oxygens (including phenoxy) is 1. The second-order valence-corrected chi connectivity index (χ2v) is 11.7. The fourth-order valence-electron chi connectivity index (χ4n) is 4.77. The summed E-state index contributed by atoms with van der Waals surface area (Å²) in [4.78, 5) is 54.5. The average Bonchev–Trinajstić information content (AvgIpc) is 3.46. The van der Waals surface area contributed by atoms with E-state index >= 15 is 0 Å². The maximum Gasteiger partial charge on any atom is 0.247 e. The van der Waals surface area contributed by atoms with E-state index in [0.717, 1.165) is 0 Å². The molecule has 1 aliphatic rings. The fraction of sp³-hybridized carbons (Fsp3) is 0.448. The number of methoxy groups -OCH3 is 1. The summed E-state index contributed by atoms with van der Waals surface area (Å²) in [7, 11) is 3.19. The van der Waals surface area contributed by atoms with Gasteiger partial charge in [-0.05, 0) is 50.4 Å². The quantitative estimate of drug-likeness (QED) is 0.272. The number of hydrogen-bond acceptors (Lipinski definition) is 9. The van der Waals surface area contributed by atoms with E-state index in [-0.39, 0.29) is 17.7 Å². The molecular weight excluding hydrogens is 560 g/mol. The summed E-state index contributed by atoms with van der Waals surface area (Å²) in [5.41, 5.74) is 1.10. The summed E-state index contributed by atoms with van der Waals surface area (Å²) in [5, 5.41) is 12.9. The van der Waals surface area contributed by atoms with E-state index in [2.05, 4.69) is 36.2 Å². The Balaban J connectivity index is 1.59. The molecule has 0 spiro atoms. The van der Waals surface area contributed by atoms with E-state index in [1.807, 2.05) is 20.8 Å². The fourth-order valence-corrected chi connectivity index (χ4v) is 4.88. The van der Waals surface area contributed by atoms with Crippen LogP contribution in [-0.4, -0.2) is 76.4 Å². The number of benzene rings is 1. The second-order valence-electron chi connectivity index (χ2n) is 11.3. The van der Waals surface area contributed by atoms with Crippen molar-refractivity contribution < 1.29 is 19.1 Å². The lowest BCUT2D eigenvalue weighted by Gasteiger charge is -2.36. The highest BCUT2D eigenvalue weighted by Gasteiger charge is 2.42. The Morgan fingerprint density at radius 1 is 1.14 bits per heavy atom. The van der Waals surface area contributed by atoms with Crippen molar-refractivity contribution in [1.82, 2.24) is 30.5 Å². The summed E-state index contributed by atoms with van der Waals surface area (Å²) in [6.45, 7) is 7.80. The smallest absolute Gasteiger partial charge is 0.247 e. The lowest BCUT2D eigenvalue weighted by molar-refractivity contribution is -0.143. The van der Waals surface area contributed by atoms with Crippen LogP contribution in [0.4, 0.5) is 17.2 Å². The molecule has 224 valence electrons. The predicted octanol–water partition coefficient (Wildman–Crippen LogP) is 3.50. The number of rotatable bonds is 9. The van der Waals surface area contributed by atoms with Gasteiger partial charge in [0.25, 0.3) is 0 Å². The molecular formula is C29H37ClN8O4. The van der Waals surface area contributed by atoms with Gasteiger partial charge in [-0.2, -0.15) is 0 Å². The number of hydrogen-bond donors (Lipinski definition) is 4. The number of anilines is 3. The van der Waals surface area contributed by atoms with Crippen molar-refractivity contribution in [3.8, 4) is 5.75 Å². The lowest BCUT2D eigenvalue weighted by atomic mass is 9.85. The molecule has 0 bridgehead atoms. The van der Waals surface area contributed by atoms with Crippen molar-refractivity contribution in [2.45, 2.75) is 58.7 Å². The molecule has 4 N–H and O–H groups in total. The molecule has 1 aromatic carbocycles. The van der Waals surface area contributed by atoms with E-state index in [4.69, 9.17) is 16.3 Å². The standard InChI is InChI=1S/C29H37ClN8O4/c1-16(31-5)26(39)37-24(29(2,3)4)28(41)38-11-7-8-21(38)27(40)36-20-12-18-19(13-22(20)42-6)33-15-34-25(18)35-17-9-10-23(30)32-14-17/h9-10,12-16,21,24,31H,7-8,11H2,1-6H3,(H,36,40)(H,37,39)(H,33,34,35). The lowest BCUT2D eigenvalue weighted by Crippen LogP contribution is -2.59. The zero-order chi connectivity index (χ0) is 30.6. The van der Waals surface area contributed by atoms with Crippen LogP contribution in [0.5, 0.6) is 5.75 Å². The molecule has 1 fully saturated rings. The summed E-state index contributed by atoms with van der Waals surface area (Å²) in [6, 6.07) is 4.88. The van der Waals surface area contributed by atoms with E-state index in [0.29, 0.717) is 58.4 Å². The highest BCUT2D eigenvalue weighted by Crippen LogP contribution is 2.34. The first kappa shape index (κ1) is 30.9. The number of nitrogens with zero attached hydrogens (tertiary/aromatic N) is 4. The average molecular weight is 597 g/mol. The highest BCUT2D eigenvalue weighted by molar-refractivity contribution is 6.29. The second kappa shape index (κ2) is 12.9. The Morgan fingerprint density at radius 2 is 1.90 bits per heavy atom. The third-order valence-corrected chi connectivity index (χ3v) is 7.49. The van der Waals surface area contributed by atoms with Crippen LogP contribution in [0.2, 0.25) is 5.15 Å². The molecule has 3 unspecified atom stereocenters. The molecule has 4 rings (SSSR count).